The van der Waals surface area contributed by atoms with Crippen molar-refractivity contribution in [2.45, 2.75) is 13.0 Å². The number of carbonyl (C=O) groups is 1. The Morgan fingerprint density at radius 3 is 2.94 bits per heavy atom. The maximum atomic E-state index is 10.7. The summed E-state index contributed by atoms with van der Waals surface area (Å²) in [4.78, 5) is 14.9. The molecule has 0 saturated carbocycles. The Kier molecular flexibility index (Phi) is 4.12. The summed E-state index contributed by atoms with van der Waals surface area (Å²) in [7, 11) is 0. The number of aliphatic imine (C=N–C) groups is 1. The van der Waals surface area contributed by atoms with Gasteiger partial charge in [-0.05, 0) is 11.6 Å². The van der Waals surface area contributed by atoms with E-state index in [1.165, 1.54) is 6.92 Å². The van der Waals surface area contributed by atoms with Crippen LogP contribution < -0.4 is 0 Å². The second kappa shape index (κ2) is 6.00. The van der Waals surface area contributed by atoms with Crippen molar-refractivity contribution in [1.29, 1.82) is 0 Å². The van der Waals surface area contributed by atoms with Crippen LogP contribution in [0.1, 0.15) is 12.5 Å². The van der Waals surface area contributed by atoms with E-state index >= 15 is 0 Å². The second-order valence-electron chi connectivity index (χ2n) is 3.97. The highest BCUT2D eigenvalue weighted by atomic mass is 16.6. The summed E-state index contributed by atoms with van der Waals surface area (Å²) in [6, 6.07) is 9.92. The van der Waals surface area contributed by atoms with Gasteiger partial charge in [0.1, 0.15) is 6.61 Å². The van der Waals surface area contributed by atoms with Crippen LogP contribution in [0.4, 0.5) is 0 Å². The number of benzene rings is 1. The molecule has 1 aliphatic heterocycles. The van der Waals surface area contributed by atoms with E-state index in [0.29, 0.717) is 12.4 Å². The number of hydrogen-bond donors (Lipinski definition) is 0. The normalized spacial score (nSPS) is 18.5. The molecule has 0 N–H and O–H groups in total. The van der Waals surface area contributed by atoms with Gasteiger partial charge in [-0.15, -0.1) is 0 Å². The molecule has 1 heterocycles. The Bertz CT molecular complexity index is 465. The first-order valence-corrected chi connectivity index (χ1v) is 5.81. The van der Waals surface area contributed by atoms with Crippen LogP contribution in [0.25, 0.3) is 6.08 Å². The fourth-order valence-corrected chi connectivity index (χ4v) is 1.56. The van der Waals surface area contributed by atoms with E-state index in [-0.39, 0.29) is 18.7 Å². The Hall–Kier alpha value is -2.10. The molecular weight excluding hydrogens is 230 g/mol. The van der Waals surface area contributed by atoms with Gasteiger partial charge in [0.15, 0.2) is 6.10 Å². The molecule has 1 atom stereocenters. The molecule has 0 aromatic heterocycles. The maximum absolute atomic E-state index is 10.7. The SMILES string of the molecule is CC(=O)OCC1CN=C(/C=C/c2ccccc2)O1. The highest BCUT2D eigenvalue weighted by Crippen LogP contribution is 2.08. The summed E-state index contributed by atoms with van der Waals surface area (Å²) in [5, 5.41) is 0. The molecule has 0 bridgehead atoms. The van der Waals surface area contributed by atoms with Crippen LogP contribution in [-0.2, 0) is 14.3 Å². The topological polar surface area (TPSA) is 47.9 Å². The lowest BCUT2D eigenvalue weighted by molar-refractivity contribution is -0.143. The molecule has 0 aliphatic carbocycles. The third-order valence-corrected chi connectivity index (χ3v) is 2.43. The molecule has 0 radical (unpaired) electrons. The molecule has 0 amide bonds. The molecular formula is C14H15NO3. The highest BCUT2D eigenvalue weighted by Gasteiger charge is 2.18. The summed E-state index contributed by atoms with van der Waals surface area (Å²) in [5.41, 5.74) is 1.09. The van der Waals surface area contributed by atoms with Crippen molar-refractivity contribution in [2.75, 3.05) is 13.2 Å². The van der Waals surface area contributed by atoms with E-state index in [1.54, 1.807) is 0 Å². The van der Waals surface area contributed by atoms with Gasteiger partial charge in [-0.2, -0.15) is 0 Å². The molecule has 4 heteroatoms. The van der Waals surface area contributed by atoms with Crippen LogP contribution in [0.15, 0.2) is 41.4 Å². The number of carbonyl (C=O) groups excluding carboxylic acids is 1. The minimum Gasteiger partial charge on any atom is -0.469 e. The van der Waals surface area contributed by atoms with Crippen molar-refractivity contribution in [3.05, 3.63) is 42.0 Å². The number of rotatable bonds is 4. The van der Waals surface area contributed by atoms with Gasteiger partial charge >= 0.3 is 5.97 Å². The molecule has 4 nitrogen and oxygen atoms in total. The van der Waals surface area contributed by atoms with Crippen LogP contribution in [0.3, 0.4) is 0 Å². The van der Waals surface area contributed by atoms with Crippen LogP contribution in [-0.4, -0.2) is 31.1 Å². The summed E-state index contributed by atoms with van der Waals surface area (Å²) in [5.74, 6) is 0.280. The molecule has 0 saturated heterocycles. The van der Waals surface area contributed by atoms with E-state index < -0.39 is 0 Å². The summed E-state index contributed by atoms with van der Waals surface area (Å²) in [6.07, 6.45) is 3.60. The summed E-state index contributed by atoms with van der Waals surface area (Å²) < 4.78 is 10.4. The minimum atomic E-state index is -0.299. The van der Waals surface area contributed by atoms with Crippen molar-refractivity contribution in [2.24, 2.45) is 4.99 Å². The molecule has 1 aliphatic rings. The summed E-state index contributed by atoms with van der Waals surface area (Å²) >= 11 is 0. The second-order valence-corrected chi connectivity index (χ2v) is 3.97. The molecule has 1 unspecified atom stereocenters. The highest BCUT2D eigenvalue weighted by molar-refractivity contribution is 5.92. The van der Waals surface area contributed by atoms with Crippen molar-refractivity contribution in [1.82, 2.24) is 0 Å². The third kappa shape index (κ3) is 3.73. The number of hydrogen-bond acceptors (Lipinski definition) is 4. The first kappa shape index (κ1) is 12.4. The van der Waals surface area contributed by atoms with Crippen molar-refractivity contribution >= 4 is 17.9 Å². The summed E-state index contributed by atoms with van der Waals surface area (Å²) in [6.45, 7) is 2.16. The zero-order chi connectivity index (χ0) is 12.8. The first-order valence-electron chi connectivity index (χ1n) is 5.81. The van der Waals surface area contributed by atoms with Crippen LogP contribution in [0.5, 0.6) is 0 Å². The van der Waals surface area contributed by atoms with Gasteiger partial charge in [-0.3, -0.25) is 4.79 Å². The molecule has 0 spiro atoms. The Morgan fingerprint density at radius 1 is 1.44 bits per heavy atom. The van der Waals surface area contributed by atoms with E-state index in [0.717, 1.165) is 5.56 Å². The van der Waals surface area contributed by atoms with Crippen molar-refractivity contribution in [3.8, 4) is 0 Å². The fourth-order valence-electron chi connectivity index (χ4n) is 1.56. The molecule has 94 valence electrons. The fraction of sp³-hybridized carbons (Fsp3) is 0.286. The molecule has 2 rings (SSSR count). The lowest BCUT2D eigenvalue weighted by Gasteiger charge is -2.09. The number of ether oxygens (including phenoxy) is 2. The first-order chi connectivity index (χ1) is 8.74. The van der Waals surface area contributed by atoms with Gasteiger partial charge in [0.25, 0.3) is 0 Å². The lowest BCUT2D eigenvalue weighted by atomic mass is 10.2. The van der Waals surface area contributed by atoms with E-state index in [1.807, 2.05) is 42.5 Å². The standard InChI is InChI=1S/C14H15NO3/c1-11(16)17-10-13-9-15-14(18-13)8-7-12-5-3-2-4-6-12/h2-8,13H,9-10H2,1H3/b8-7+. The van der Waals surface area contributed by atoms with E-state index in [9.17, 15) is 4.79 Å². The van der Waals surface area contributed by atoms with Crippen LogP contribution in [0, 0.1) is 0 Å². The van der Waals surface area contributed by atoms with Gasteiger partial charge in [-0.25, -0.2) is 4.99 Å². The van der Waals surface area contributed by atoms with Gasteiger partial charge in [0.2, 0.25) is 5.90 Å². The van der Waals surface area contributed by atoms with E-state index in [2.05, 4.69) is 4.99 Å². The van der Waals surface area contributed by atoms with Gasteiger partial charge < -0.3 is 9.47 Å². The zero-order valence-electron chi connectivity index (χ0n) is 10.2. The minimum absolute atomic E-state index is 0.163. The quantitative estimate of drug-likeness (QED) is 0.763. The predicted molar refractivity (Wildman–Crippen MR) is 69.3 cm³/mol. The Morgan fingerprint density at radius 2 is 2.22 bits per heavy atom. The maximum Gasteiger partial charge on any atom is 0.302 e. The molecule has 18 heavy (non-hydrogen) atoms. The van der Waals surface area contributed by atoms with Gasteiger partial charge in [0, 0.05) is 13.0 Å². The number of nitrogens with zero attached hydrogens (tertiary/aromatic N) is 1. The Labute approximate surface area is 106 Å². The Balaban J connectivity index is 1.82. The van der Waals surface area contributed by atoms with Gasteiger partial charge in [-0.1, -0.05) is 30.3 Å². The monoisotopic (exact) mass is 245 g/mol. The lowest BCUT2D eigenvalue weighted by Crippen LogP contribution is -2.21. The van der Waals surface area contributed by atoms with Crippen molar-refractivity contribution < 1.29 is 14.3 Å². The van der Waals surface area contributed by atoms with Crippen LogP contribution in [0.2, 0.25) is 0 Å². The molecule has 1 aromatic carbocycles. The smallest absolute Gasteiger partial charge is 0.302 e. The molecule has 1 aromatic rings. The van der Waals surface area contributed by atoms with Gasteiger partial charge in [0.05, 0.1) is 6.54 Å². The van der Waals surface area contributed by atoms with Crippen LogP contribution >= 0.6 is 0 Å². The predicted octanol–water partition coefficient (Wildman–Crippen LogP) is 2.06. The largest absolute Gasteiger partial charge is 0.469 e. The zero-order valence-corrected chi connectivity index (χ0v) is 10.2. The van der Waals surface area contributed by atoms with E-state index in [4.69, 9.17) is 9.47 Å². The molecule has 0 fully saturated rings. The van der Waals surface area contributed by atoms with Crippen molar-refractivity contribution in [3.63, 3.8) is 0 Å². The average Bonchev–Trinajstić information content (AvgIpc) is 2.83. The average molecular weight is 245 g/mol. The third-order valence-electron chi connectivity index (χ3n) is 2.43. The number of esters is 1.